The van der Waals surface area contributed by atoms with Crippen molar-refractivity contribution in [3.8, 4) is 5.75 Å². The van der Waals surface area contributed by atoms with Gasteiger partial charge in [0.15, 0.2) is 0 Å². The average molecular weight is 417 g/mol. The molecule has 3 rings (SSSR count). The van der Waals surface area contributed by atoms with E-state index in [-0.39, 0.29) is 18.7 Å². The molecule has 3 amide bonds. The molecule has 11 heteroatoms. The molecule has 152 valence electrons. The molecule has 1 fully saturated rings. The summed E-state index contributed by atoms with van der Waals surface area (Å²) >= 11 is 0. The van der Waals surface area contributed by atoms with Crippen LogP contribution in [0.4, 0.5) is 32.4 Å². The highest BCUT2D eigenvalue weighted by Crippen LogP contribution is 2.30. The van der Waals surface area contributed by atoms with Crippen LogP contribution < -0.4 is 15.0 Å². The molecule has 29 heavy (non-hydrogen) atoms. The van der Waals surface area contributed by atoms with Crippen molar-refractivity contribution in [2.75, 3.05) is 11.4 Å². The number of nitrogens with zero attached hydrogens (tertiary/aromatic N) is 1. The van der Waals surface area contributed by atoms with E-state index in [1.807, 2.05) is 5.32 Å². The smallest absolute Gasteiger partial charge is 0.343 e. The molecule has 0 bridgehead atoms. The molecule has 2 aromatic carbocycles. The summed E-state index contributed by atoms with van der Waals surface area (Å²) in [4.78, 5) is 36.7. The topological polar surface area (TPSA) is 75.7 Å². The fraction of sp³-hybridized carbons (Fsp3) is 0.167. The van der Waals surface area contributed by atoms with Crippen LogP contribution in [0.3, 0.4) is 0 Å². The molecule has 0 unspecified atom stereocenters. The summed E-state index contributed by atoms with van der Waals surface area (Å²) in [5, 5.41) is 1.96. The van der Waals surface area contributed by atoms with E-state index in [0.29, 0.717) is 0 Å². The lowest BCUT2D eigenvalue weighted by atomic mass is 10.1. The van der Waals surface area contributed by atoms with Crippen LogP contribution in [-0.2, 0) is 4.79 Å². The van der Waals surface area contributed by atoms with E-state index in [9.17, 15) is 36.3 Å². The maximum atomic E-state index is 13.8. The number of carbonyl (C=O) groups is 3. The van der Waals surface area contributed by atoms with Gasteiger partial charge in [-0.25, -0.2) is 22.8 Å². The number of amides is 3. The Hall–Kier alpha value is -3.50. The molecule has 1 saturated heterocycles. The van der Waals surface area contributed by atoms with E-state index in [1.165, 1.54) is 0 Å². The number of hydrogen-bond acceptors (Lipinski definition) is 4. The van der Waals surface area contributed by atoms with Gasteiger partial charge in [0, 0.05) is 22.8 Å². The van der Waals surface area contributed by atoms with Crippen LogP contribution in [0.15, 0.2) is 18.2 Å². The van der Waals surface area contributed by atoms with Crippen LogP contribution in [-0.4, -0.2) is 24.5 Å². The number of rotatable bonds is 3. The van der Waals surface area contributed by atoms with Gasteiger partial charge in [0.1, 0.15) is 0 Å². The lowest BCUT2D eigenvalue weighted by Crippen LogP contribution is -2.49. The predicted octanol–water partition coefficient (Wildman–Crippen LogP) is 3.36. The zero-order valence-electron chi connectivity index (χ0n) is 17.1. The molecule has 1 heterocycles. The Kier molecular flexibility index (Phi) is 4.25. The number of halogens is 5. The summed E-state index contributed by atoms with van der Waals surface area (Å²) in [6, 6.07) is 1.61. The summed E-state index contributed by atoms with van der Waals surface area (Å²) in [6.45, 7) is -3.02. The lowest BCUT2D eigenvalue weighted by molar-refractivity contribution is -0.120. The summed E-state index contributed by atoms with van der Waals surface area (Å²) in [6.07, 6.45) is -0.189. The molecule has 2 aromatic rings. The Morgan fingerprint density at radius 2 is 1.69 bits per heavy atom. The molecule has 1 aliphatic heterocycles. The molecule has 6 nitrogen and oxygen atoms in total. The molecule has 0 aliphatic carbocycles. The van der Waals surface area contributed by atoms with Gasteiger partial charge in [-0.15, -0.1) is 0 Å². The molecule has 0 atom stereocenters. The van der Waals surface area contributed by atoms with E-state index in [2.05, 4.69) is 4.74 Å². The number of nitrogens with one attached hydrogen (secondary N) is 1. The minimum Gasteiger partial charge on any atom is -0.416 e. The second kappa shape index (κ2) is 7.49. The second-order valence-electron chi connectivity index (χ2n) is 5.78. The molecule has 0 aromatic heterocycles. The molecular formula is C18H11F5N2O4. The maximum Gasteiger partial charge on any atom is 0.343 e. The Morgan fingerprint density at radius 3 is 2.28 bits per heavy atom. The third-order valence-corrected chi connectivity index (χ3v) is 3.94. The van der Waals surface area contributed by atoms with E-state index in [1.54, 1.807) is 0 Å². The van der Waals surface area contributed by atoms with Crippen molar-refractivity contribution in [1.29, 1.82) is 0 Å². The third kappa shape index (κ3) is 3.62. The first-order chi connectivity index (χ1) is 14.8. The van der Waals surface area contributed by atoms with Crippen molar-refractivity contribution in [2.45, 2.75) is 13.3 Å². The van der Waals surface area contributed by atoms with Crippen molar-refractivity contribution in [1.82, 2.24) is 5.32 Å². The summed E-state index contributed by atoms with van der Waals surface area (Å²) in [7, 11) is 0. The molecular weight excluding hydrogens is 403 g/mol. The highest BCUT2D eigenvalue weighted by atomic mass is 19.2. The molecule has 0 spiro atoms. The fourth-order valence-corrected chi connectivity index (χ4v) is 2.50. The van der Waals surface area contributed by atoms with Gasteiger partial charge in [0.25, 0.3) is 0 Å². The predicted molar refractivity (Wildman–Crippen MR) is 87.9 cm³/mol. The van der Waals surface area contributed by atoms with Crippen LogP contribution in [0, 0.1) is 35.9 Å². The minimum absolute atomic E-state index is 0.189. The first kappa shape index (κ1) is 16.5. The van der Waals surface area contributed by atoms with E-state index in [4.69, 9.17) is 4.11 Å². The second-order valence-corrected chi connectivity index (χ2v) is 5.78. The Balaban J connectivity index is 2.04. The number of benzene rings is 2. The molecule has 0 saturated carbocycles. The van der Waals surface area contributed by atoms with Gasteiger partial charge in [-0.3, -0.25) is 15.0 Å². The van der Waals surface area contributed by atoms with Crippen molar-refractivity contribution < 1.29 is 45.2 Å². The zero-order chi connectivity index (χ0) is 24.0. The van der Waals surface area contributed by atoms with Crippen molar-refractivity contribution in [2.24, 2.45) is 0 Å². The summed E-state index contributed by atoms with van der Waals surface area (Å²) in [5.41, 5.74) is -1.32. The van der Waals surface area contributed by atoms with E-state index in [0.717, 1.165) is 23.1 Å². The summed E-state index contributed by atoms with van der Waals surface area (Å²) < 4.78 is 94.5. The van der Waals surface area contributed by atoms with Gasteiger partial charge in [0.2, 0.25) is 40.7 Å². The standard InChI is InChI=1S/C18H11F5N2O4/c1-7-2-3-8(6-9(7)25-5-4-10(26)24-18(25)28)17(27)29-16-14(22)12(20)11(19)13(21)15(16)23/h2-3,6H,4-5H2,1H3,(H,24,26,28)/i1D3. The van der Waals surface area contributed by atoms with Crippen LogP contribution in [0.25, 0.3) is 0 Å². The number of aryl methyl sites for hydroxylation is 1. The monoisotopic (exact) mass is 417 g/mol. The number of esters is 1. The van der Waals surface area contributed by atoms with Crippen LogP contribution in [0.5, 0.6) is 5.75 Å². The minimum atomic E-state index is -2.78. The van der Waals surface area contributed by atoms with E-state index >= 15 is 0 Å². The number of ether oxygens (including phenoxy) is 1. The lowest BCUT2D eigenvalue weighted by Gasteiger charge is -2.28. The fourth-order valence-electron chi connectivity index (χ4n) is 2.50. The van der Waals surface area contributed by atoms with Crippen molar-refractivity contribution in [3.63, 3.8) is 0 Å². The highest BCUT2D eigenvalue weighted by Gasteiger charge is 2.30. The number of anilines is 1. The first-order valence-electron chi connectivity index (χ1n) is 9.32. The largest absolute Gasteiger partial charge is 0.416 e. The van der Waals surface area contributed by atoms with Crippen LogP contribution in [0.2, 0.25) is 0 Å². The van der Waals surface area contributed by atoms with Gasteiger partial charge >= 0.3 is 12.0 Å². The average Bonchev–Trinajstić information content (AvgIpc) is 2.72. The van der Waals surface area contributed by atoms with Gasteiger partial charge in [-0.2, -0.15) is 8.78 Å². The molecule has 1 N–H and O–H groups in total. The first-order valence-corrected chi connectivity index (χ1v) is 7.82. The van der Waals surface area contributed by atoms with E-state index < -0.39 is 70.7 Å². The van der Waals surface area contributed by atoms with Gasteiger partial charge < -0.3 is 4.74 Å². The maximum absolute atomic E-state index is 13.8. The van der Waals surface area contributed by atoms with Gasteiger partial charge in [-0.05, 0) is 24.5 Å². The SMILES string of the molecule is [2H]C([2H])([2H])c1ccc(C(=O)Oc2c(F)c(F)c(F)c(F)c2F)cc1N1CCC(=O)NC1=O. The van der Waals surface area contributed by atoms with Crippen LogP contribution in [0.1, 0.15) is 26.5 Å². The normalized spacial score (nSPS) is 16.0. The van der Waals surface area contributed by atoms with Crippen molar-refractivity contribution in [3.05, 3.63) is 58.4 Å². The Labute approximate surface area is 164 Å². The highest BCUT2D eigenvalue weighted by molar-refractivity contribution is 6.06. The number of carbonyl (C=O) groups excluding carboxylic acids is 3. The quantitative estimate of drug-likeness (QED) is 0.273. The summed E-state index contributed by atoms with van der Waals surface area (Å²) in [5.74, 6) is -16.0. The van der Waals surface area contributed by atoms with Crippen molar-refractivity contribution >= 4 is 23.6 Å². The molecule has 1 aliphatic rings. The number of hydrogen-bond donors (Lipinski definition) is 1. The third-order valence-electron chi connectivity index (χ3n) is 3.94. The number of imide groups is 1. The van der Waals surface area contributed by atoms with Gasteiger partial charge in [0.05, 0.1) is 5.56 Å². The van der Waals surface area contributed by atoms with Gasteiger partial charge in [-0.1, -0.05) is 6.07 Å². The zero-order valence-corrected chi connectivity index (χ0v) is 14.1. The molecule has 0 radical (unpaired) electrons. The Morgan fingerprint density at radius 1 is 1.07 bits per heavy atom. The Bertz CT molecular complexity index is 1130. The number of urea groups is 1. The van der Waals surface area contributed by atoms with Crippen LogP contribution >= 0.6 is 0 Å².